The fourth-order valence-corrected chi connectivity index (χ4v) is 3.71. The summed E-state index contributed by atoms with van der Waals surface area (Å²) in [6.07, 6.45) is 0. The minimum atomic E-state index is 0.498. The number of rotatable bonds is 3. The van der Waals surface area contributed by atoms with E-state index in [4.69, 9.17) is 37.7 Å². The van der Waals surface area contributed by atoms with E-state index in [1.54, 1.807) is 12.1 Å². The number of hydrogen-bond acceptors (Lipinski definition) is 5. The number of nitrogens with zero attached hydrogens (tertiary/aromatic N) is 2. The van der Waals surface area contributed by atoms with Crippen LogP contribution in [0.4, 0.5) is 11.5 Å². The second-order valence-electron chi connectivity index (χ2n) is 6.52. The van der Waals surface area contributed by atoms with Gasteiger partial charge in [0.05, 0.1) is 10.5 Å². The number of anilines is 2. The van der Waals surface area contributed by atoms with Crippen molar-refractivity contribution in [1.29, 1.82) is 0 Å². The van der Waals surface area contributed by atoms with E-state index in [-0.39, 0.29) is 0 Å². The Hall–Kier alpha value is -3.02. The Morgan fingerprint density at radius 2 is 1.66 bits per heavy atom. The lowest BCUT2D eigenvalue weighted by Gasteiger charge is -2.19. The second-order valence-corrected chi connectivity index (χ2v) is 7.36. The van der Waals surface area contributed by atoms with Gasteiger partial charge in [0.2, 0.25) is 0 Å². The van der Waals surface area contributed by atoms with Crippen LogP contribution < -0.4 is 14.8 Å². The molecule has 0 unspecified atom stereocenters. The number of aromatic nitrogens is 2. The first kappa shape index (κ1) is 18.0. The van der Waals surface area contributed by atoms with Crippen molar-refractivity contribution in [3.63, 3.8) is 0 Å². The molecule has 0 radical (unpaired) electrons. The molecule has 29 heavy (non-hydrogen) atoms. The van der Waals surface area contributed by atoms with Gasteiger partial charge in [-0.2, -0.15) is 0 Å². The third-order valence-corrected chi connectivity index (χ3v) is 5.13. The van der Waals surface area contributed by atoms with Crippen LogP contribution in [-0.2, 0) is 0 Å². The predicted molar refractivity (Wildman–Crippen MR) is 116 cm³/mol. The van der Waals surface area contributed by atoms with Crippen LogP contribution in [0.3, 0.4) is 0 Å². The molecule has 5 rings (SSSR count). The molecule has 0 fully saturated rings. The van der Waals surface area contributed by atoms with Crippen LogP contribution in [0.2, 0.25) is 10.0 Å². The van der Waals surface area contributed by atoms with Crippen LogP contribution >= 0.6 is 23.2 Å². The highest BCUT2D eigenvalue weighted by molar-refractivity contribution is 6.36. The maximum atomic E-state index is 6.39. The van der Waals surface area contributed by atoms with E-state index in [1.807, 2.05) is 48.5 Å². The highest BCUT2D eigenvalue weighted by Gasteiger charge is 2.15. The van der Waals surface area contributed by atoms with Crippen molar-refractivity contribution >= 4 is 45.6 Å². The summed E-state index contributed by atoms with van der Waals surface area (Å²) in [5, 5.41) is 5.34. The summed E-state index contributed by atoms with van der Waals surface area (Å²) < 4.78 is 11.3. The van der Waals surface area contributed by atoms with E-state index in [0.29, 0.717) is 46.2 Å². The monoisotopic (exact) mass is 423 g/mol. The lowest BCUT2D eigenvalue weighted by Crippen LogP contribution is -2.15. The highest BCUT2D eigenvalue weighted by Crippen LogP contribution is 2.35. The smallest absolute Gasteiger partial charge is 0.163 e. The molecule has 1 aliphatic heterocycles. The zero-order valence-electron chi connectivity index (χ0n) is 15.2. The van der Waals surface area contributed by atoms with E-state index >= 15 is 0 Å². The summed E-state index contributed by atoms with van der Waals surface area (Å²) >= 11 is 12.4. The second kappa shape index (κ2) is 7.43. The van der Waals surface area contributed by atoms with Crippen LogP contribution in [0.1, 0.15) is 0 Å². The van der Waals surface area contributed by atoms with Gasteiger partial charge in [-0.1, -0.05) is 35.3 Å². The topological polar surface area (TPSA) is 56.3 Å². The molecule has 1 aliphatic rings. The third-order valence-electron chi connectivity index (χ3n) is 4.58. The first-order valence-electron chi connectivity index (χ1n) is 9.06. The molecule has 4 aromatic rings. The van der Waals surface area contributed by atoms with Gasteiger partial charge < -0.3 is 14.8 Å². The molecule has 0 bridgehead atoms. The zero-order chi connectivity index (χ0) is 19.8. The number of para-hydroxylation sites is 1. The Kier molecular flexibility index (Phi) is 4.62. The van der Waals surface area contributed by atoms with Crippen molar-refractivity contribution in [2.75, 3.05) is 18.5 Å². The maximum absolute atomic E-state index is 6.39. The molecule has 0 spiro atoms. The molecule has 5 nitrogen and oxygen atoms in total. The van der Waals surface area contributed by atoms with Crippen molar-refractivity contribution < 1.29 is 9.47 Å². The Morgan fingerprint density at radius 1 is 0.828 bits per heavy atom. The van der Waals surface area contributed by atoms with Gasteiger partial charge in [0.1, 0.15) is 19.0 Å². The number of benzene rings is 3. The Balaban J connectivity index is 1.61. The molecule has 0 saturated heterocycles. The van der Waals surface area contributed by atoms with Gasteiger partial charge in [-0.05, 0) is 42.5 Å². The first-order valence-corrected chi connectivity index (χ1v) is 9.82. The van der Waals surface area contributed by atoms with E-state index in [9.17, 15) is 0 Å². The highest BCUT2D eigenvalue weighted by atomic mass is 35.5. The van der Waals surface area contributed by atoms with E-state index in [0.717, 1.165) is 22.3 Å². The number of nitrogens with one attached hydrogen (secondary N) is 1. The molecule has 0 saturated carbocycles. The summed E-state index contributed by atoms with van der Waals surface area (Å²) in [5.74, 6) is 2.64. The molecule has 7 heteroatoms. The Bertz CT molecular complexity index is 1230. The van der Waals surface area contributed by atoms with Gasteiger partial charge >= 0.3 is 0 Å². The quantitative estimate of drug-likeness (QED) is 0.430. The summed E-state index contributed by atoms with van der Waals surface area (Å²) in [7, 11) is 0. The van der Waals surface area contributed by atoms with Crippen LogP contribution in [0.15, 0.2) is 60.7 Å². The lowest BCUT2D eigenvalue weighted by molar-refractivity contribution is 0.171. The van der Waals surface area contributed by atoms with Gasteiger partial charge in [0, 0.05) is 27.7 Å². The van der Waals surface area contributed by atoms with Crippen molar-refractivity contribution in [1.82, 2.24) is 9.97 Å². The van der Waals surface area contributed by atoms with E-state index in [2.05, 4.69) is 10.3 Å². The molecule has 0 atom stereocenters. The summed E-state index contributed by atoms with van der Waals surface area (Å²) in [6, 6.07) is 18.8. The Labute approximate surface area is 177 Å². The largest absolute Gasteiger partial charge is 0.486 e. The summed E-state index contributed by atoms with van der Waals surface area (Å²) in [6.45, 7) is 1.09. The number of halogens is 2. The van der Waals surface area contributed by atoms with E-state index in [1.165, 1.54) is 0 Å². The van der Waals surface area contributed by atoms with Crippen molar-refractivity contribution in [2.45, 2.75) is 0 Å². The predicted octanol–water partition coefficient (Wildman–Crippen LogP) is 6.12. The third kappa shape index (κ3) is 3.55. The average molecular weight is 424 g/mol. The SMILES string of the molecule is Clc1ccc(-c2nc(Nc3ccc4c(c3)OCCO4)c3ccccc3n2)c(Cl)c1. The molecule has 0 aliphatic carbocycles. The molecule has 1 N–H and O–H groups in total. The molecule has 144 valence electrons. The summed E-state index contributed by atoms with van der Waals surface area (Å²) in [5.41, 5.74) is 2.36. The molecular weight excluding hydrogens is 409 g/mol. The van der Waals surface area contributed by atoms with Crippen molar-refractivity contribution in [3.05, 3.63) is 70.7 Å². The minimum absolute atomic E-state index is 0.498. The normalized spacial score (nSPS) is 12.8. The molecular formula is C22H15Cl2N3O2. The molecule has 2 heterocycles. The zero-order valence-corrected chi connectivity index (χ0v) is 16.7. The minimum Gasteiger partial charge on any atom is -0.486 e. The number of ether oxygens (including phenoxy) is 2. The van der Waals surface area contributed by atoms with E-state index < -0.39 is 0 Å². The van der Waals surface area contributed by atoms with Crippen LogP contribution in [0.25, 0.3) is 22.3 Å². The summed E-state index contributed by atoms with van der Waals surface area (Å²) in [4.78, 5) is 9.43. The molecule has 1 aromatic heterocycles. The van der Waals surface area contributed by atoms with Crippen molar-refractivity contribution in [2.24, 2.45) is 0 Å². The fourth-order valence-electron chi connectivity index (χ4n) is 3.22. The van der Waals surface area contributed by atoms with Crippen molar-refractivity contribution in [3.8, 4) is 22.9 Å². The fraction of sp³-hybridized carbons (Fsp3) is 0.0909. The molecule has 0 amide bonds. The number of hydrogen-bond donors (Lipinski definition) is 1. The Morgan fingerprint density at radius 3 is 2.52 bits per heavy atom. The van der Waals surface area contributed by atoms with Gasteiger partial charge in [-0.3, -0.25) is 0 Å². The van der Waals surface area contributed by atoms with Gasteiger partial charge in [-0.25, -0.2) is 9.97 Å². The number of fused-ring (bicyclic) bond motifs is 2. The molecule has 3 aromatic carbocycles. The van der Waals surface area contributed by atoms with Gasteiger partial charge in [-0.15, -0.1) is 0 Å². The van der Waals surface area contributed by atoms with Crippen LogP contribution in [-0.4, -0.2) is 23.2 Å². The van der Waals surface area contributed by atoms with Crippen LogP contribution in [0, 0.1) is 0 Å². The van der Waals surface area contributed by atoms with Crippen LogP contribution in [0.5, 0.6) is 11.5 Å². The first-order chi connectivity index (χ1) is 14.2. The lowest BCUT2D eigenvalue weighted by atomic mass is 10.1. The maximum Gasteiger partial charge on any atom is 0.163 e. The standard InChI is InChI=1S/C22H15Cl2N3O2/c23-13-5-7-15(17(24)11-13)21-26-18-4-2-1-3-16(18)22(27-21)25-14-6-8-19-20(12-14)29-10-9-28-19/h1-8,11-12H,9-10H2,(H,25,26,27). The van der Waals surface area contributed by atoms with Gasteiger partial charge in [0.15, 0.2) is 17.3 Å². The van der Waals surface area contributed by atoms with Gasteiger partial charge in [0.25, 0.3) is 0 Å². The average Bonchev–Trinajstić information content (AvgIpc) is 2.73.